The fourth-order valence-corrected chi connectivity index (χ4v) is 9.61. The number of sulfonamides is 1. The Bertz CT molecular complexity index is 2690. The molecule has 3 aromatic carbocycles. The molecule has 0 saturated carbocycles. The van der Waals surface area contributed by atoms with E-state index in [1.165, 1.54) is 36.1 Å². The van der Waals surface area contributed by atoms with E-state index >= 15 is 0 Å². The lowest BCUT2D eigenvalue weighted by Gasteiger charge is -2.39. The van der Waals surface area contributed by atoms with Crippen LogP contribution in [0.5, 0.6) is 17.2 Å². The molecule has 1 atom stereocenters. The number of carbonyl (C=O) groups excluding carboxylic acids is 2. The van der Waals surface area contributed by atoms with Crippen LogP contribution in [-0.2, 0) is 26.0 Å². The molecule has 17 heteroatoms. The molecule has 62 heavy (non-hydrogen) atoms. The van der Waals surface area contributed by atoms with Crippen molar-refractivity contribution in [3.05, 3.63) is 117 Å². The third kappa shape index (κ3) is 9.42. The Morgan fingerprint density at radius 1 is 1.06 bits per heavy atom. The van der Waals surface area contributed by atoms with Gasteiger partial charge in [0.2, 0.25) is 0 Å². The molecule has 0 spiro atoms. The molecule has 3 aliphatic rings. The van der Waals surface area contributed by atoms with Gasteiger partial charge in [-0.2, -0.15) is 0 Å². The first-order valence-electron chi connectivity index (χ1n) is 20.4. The van der Waals surface area contributed by atoms with Gasteiger partial charge in [0.05, 0.1) is 47.3 Å². The molecule has 1 saturated heterocycles. The van der Waals surface area contributed by atoms with Crippen LogP contribution in [-0.4, -0.2) is 86.5 Å². The highest BCUT2D eigenvalue weighted by atomic mass is 35.5. The van der Waals surface area contributed by atoms with Crippen molar-refractivity contribution in [1.29, 1.82) is 0 Å². The first-order chi connectivity index (χ1) is 29.6. The van der Waals surface area contributed by atoms with Gasteiger partial charge in [0.15, 0.2) is 0 Å². The average molecular weight is 883 g/mol. The zero-order valence-electron chi connectivity index (χ0n) is 34.6. The SMILES string of the molecule is COC(=O)C[C@H]1COc2cc(S(=O)(=O)NC(=O)c3ccc(N4CCN(CC5=C(c6ccc(Cl)cc6)CC(C)(C)CC5)CC4)cc3Oc3cnc4[nH]ccc4c3)cc([N+](=O)[O-])c2C1. The molecule has 2 N–H and O–H groups in total. The average Bonchev–Trinajstić information content (AvgIpc) is 3.72. The maximum absolute atomic E-state index is 14.0. The number of H-pyrrole nitrogens is 1. The number of nitrogens with zero attached hydrogens (tertiary/aromatic N) is 4. The Balaban J connectivity index is 1.03. The van der Waals surface area contributed by atoms with Gasteiger partial charge in [-0.15, -0.1) is 0 Å². The number of aromatic nitrogens is 2. The number of halogens is 1. The van der Waals surface area contributed by atoms with Gasteiger partial charge >= 0.3 is 5.97 Å². The highest BCUT2D eigenvalue weighted by Gasteiger charge is 2.34. The molecule has 0 radical (unpaired) electrons. The smallest absolute Gasteiger partial charge is 0.305 e. The van der Waals surface area contributed by atoms with E-state index in [9.17, 15) is 28.1 Å². The summed E-state index contributed by atoms with van der Waals surface area (Å²) in [5.41, 5.74) is 5.27. The highest BCUT2D eigenvalue weighted by molar-refractivity contribution is 7.90. The number of nitro benzene ring substituents is 1. The minimum Gasteiger partial charge on any atom is -0.493 e. The van der Waals surface area contributed by atoms with Crippen molar-refractivity contribution in [2.45, 2.75) is 50.8 Å². The lowest BCUT2D eigenvalue weighted by atomic mass is 9.72. The number of nitro groups is 1. The number of anilines is 1. The van der Waals surface area contributed by atoms with Crippen molar-refractivity contribution in [2.75, 3.05) is 51.3 Å². The van der Waals surface area contributed by atoms with Gasteiger partial charge in [-0.25, -0.2) is 18.1 Å². The predicted molar refractivity (Wildman–Crippen MR) is 234 cm³/mol. The van der Waals surface area contributed by atoms with Crippen LogP contribution >= 0.6 is 11.6 Å². The minimum atomic E-state index is -4.68. The number of hydrogen-bond donors (Lipinski definition) is 2. The maximum Gasteiger partial charge on any atom is 0.305 e. The molecule has 0 bridgehead atoms. The fourth-order valence-electron chi connectivity index (χ4n) is 8.48. The van der Waals surface area contributed by atoms with Crippen LogP contribution in [0, 0.1) is 21.4 Å². The number of esters is 1. The molecule has 2 aliphatic heterocycles. The topological polar surface area (TPSA) is 186 Å². The van der Waals surface area contributed by atoms with E-state index in [1.54, 1.807) is 24.4 Å². The van der Waals surface area contributed by atoms with Crippen molar-refractivity contribution in [3.8, 4) is 17.2 Å². The molecular weight excluding hydrogens is 836 g/mol. The number of fused-ring (bicyclic) bond motifs is 2. The minimum absolute atomic E-state index is 0.0163. The van der Waals surface area contributed by atoms with E-state index in [0.717, 1.165) is 67.1 Å². The quantitative estimate of drug-likeness (QED) is 0.0701. The number of piperazine rings is 1. The van der Waals surface area contributed by atoms with Crippen LogP contribution in [0.1, 0.15) is 61.0 Å². The number of rotatable bonds is 12. The van der Waals surface area contributed by atoms with Gasteiger partial charge in [0.25, 0.3) is 21.6 Å². The van der Waals surface area contributed by atoms with Gasteiger partial charge in [-0.05, 0) is 78.6 Å². The summed E-state index contributed by atoms with van der Waals surface area (Å²) in [6, 6.07) is 18.7. The van der Waals surface area contributed by atoms with Crippen LogP contribution in [0.3, 0.4) is 0 Å². The Labute approximate surface area is 364 Å². The number of nitrogens with one attached hydrogen (secondary N) is 2. The number of ether oxygens (including phenoxy) is 3. The number of aromatic amines is 1. The van der Waals surface area contributed by atoms with Crippen molar-refractivity contribution >= 4 is 61.5 Å². The van der Waals surface area contributed by atoms with Gasteiger partial charge in [0.1, 0.15) is 22.9 Å². The summed E-state index contributed by atoms with van der Waals surface area (Å²) in [5, 5.41) is 13.7. The van der Waals surface area contributed by atoms with Gasteiger partial charge in [-0.3, -0.25) is 24.6 Å². The van der Waals surface area contributed by atoms with E-state index in [1.807, 2.05) is 18.2 Å². The van der Waals surface area contributed by atoms with Crippen molar-refractivity contribution in [1.82, 2.24) is 19.6 Å². The predicted octanol–water partition coefficient (Wildman–Crippen LogP) is 7.94. The van der Waals surface area contributed by atoms with E-state index in [4.69, 9.17) is 25.8 Å². The summed E-state index contributed by atoms with van der Waals surface area (Å²) in [4.78, 5) is 48.9. The van der Waals surface area contributed by atoms with Gasteiger partial charge in [-0.1, -0.05) is 43.2 Å². The lowest BCUT2D eigenvalue weighted by molar-refractivity contribution is -0.386. The summed E-state index contributed by atoms with van der Waals surface area (Å²) < 4.78 is 46.4. The van der Waals surface area contributed by atoms with Crippen molar-refractivity contribution < 1.29 is 37.1 Å². The molecule has 0 unspecified atom stereocenters. The van der Waals surface area contributed by atoms with Crippen molar-refractivity contribution in [2.24, 2.45) is 11.3 Å². The molecule has 2 aromatic heterocycles. The van der Waals surface area contributed by atoms with Gasteiger partial charge in [0, 0.05) is 79.1 Å². The standard InChI is InChI=1S/C45H47ClN6O9S/c1-45(2)12-10-31(38(24-45)29-4-6-32(46)7-5-29)26-50-14-16-51(17-15-50)33-8-9-36(41(21-33)61-34-20-30-11-13-47-43(30)48-25-34)44(54)49-62(57,58)35-22-39(52(55)56)37-18-28(19-42(53)59-3)27-60-40(37)23-35/h4-9,11,13,20-23,25,28H,10,12,14-19,24,26-27H2,1-3H3,(H,47,48)(H,49,54)/t28-/m0/s1. The largest absolute Gasteiger partial charge is 0.493 e. The summed E-state index contributed by atoms with van der Waals surface area (Å²) in [6.45, 7) is 8.54. The van der Waals surface area contributed by atoms with Crippen LogP contribution in [0.25, 0.3) is 16.6 Å². The fraction of sp³-hybridized carbons (Fsp3) is 0.356. The number of methoxy groups -OCH3 is 1. The van der Waals surface area contributed by atoms with E-state index in [2.05, 4.69) is 50.5 Å². The summed E-state index contributed by atoms with van der Waals surface area (Å²) >= 11 is 6.23. The van der Waals surface area contributed by atoms with E-state index in [0.29, 0.717) is 24.5 Å². The first-order valence-corrected chi connectivity index (χ1v) is 22.3. The second-order valence-corrected chi connectivity index (χ2v) is 19.0. The van der Waals surface area contributed by atoms with Crippen LogP contribution in [0.15, 0.2) is 89.6 Å². The Hall–Kier alpha value is -5.97. The molecule has 1 aliphatic carbocycles. The van der Waals surface area contributed by atoms with Crippen LogP contribution in [0.4, 0.5) is 11.4 Å². The third-order valence-corrected chi connectivity index (χ3v) is 13.4. The molecule has 4 heterocycles. The lowest BCUT2D eigenvalue weighted by Crippen LogP contribution is -2.47. The van der Waals surface area contributed by atoms with Crippen LogP contribution < -0.4 is 19.1 Å². The molecule has 1 amide bonds. The first kappa shape index (κ1) is 42.7. The molecule has 8 rings (SSSR count). The monoisotopic (exact) mass is 882 g/mol. The number of allylic oxidation sites excluding steroid dienone is 1. The van der Waals surface area contributed by atoms with E-state index < -0.39 is 43.3 Å². The summed E-state index contributed by atoms with van der Waals surface area (Å²) in [5.74, 6) is -1.51. The van der Waals surface area contributed by atoms with Gasteiger partial charge < -0.3 is 24.1 Å². The molecule has 324 valence electrons. The normalized spacial score (nSPS) is 17.9. The van der Waals surface area contributed by atoms with Crippen molar-refractivity contribution in [3.63, 3.8) is 0 Å². The number of hydrogen-bond acceptors (Lipinski definition) is 12. The third-order valence-electron chi connectivity index (χ3n) is 11.9. The zero-order chi connectivity index (χ0) is 43.8. The number of pyridine rings is 1. The molecule has 5 aromatic rings. The molecular formula is C45H47ClN6O9S. The van der Waals surface area contributed by atoms with Crippen LogP contribution in [0.2, 0.25) is 5.02 Å². The Kier molecular flexibility index (Phi) is 12.0. The highest BCUT2D eigenvalue weighted by Crippen LogP contribution is 2.44. The Morgan fingerprint density at radius 3 is 2.58 bits per heavy atom. The summed E-state index contributed by atoms with van der Waals surface area (Å²) in [7, 11) is -3.43. The number of amides is 1. The number of carbonyl (C=O) groups is 2. The summed E-state index contributed by atoms with van der Waals surface area (Å²) in [6.07, 6.45) is 6.48. The van der Waals surface area contributed by atoms with E-state index in [-0.39, 0.29) is 47.5 Å². The molecule has 1 fully saturated rings. The number of benzene rings is 3. The molecule has 15 nitrogen and oxygen atoms in total. The second-order valence-electron chi connectivity index (χ2n) is 16.8. The zero-order valence-corrected chi connectivity index (χ0v) is 36.2. The second kappa shape index (κ2) is 17.4. The maximum atomic E-state index is 14.0. The Morgan fingerprint density at radius 2 is 1.84 bits per heavy atom.